The van der Waals surface area contributed by atoms with Crippen molar-refractivity contribution in [2.75, 3.05) is 5.73 Å². The third-order valence-electron chi connectivity index (χ3n) is 4.68. The molecule has 0 amide bonds. The van der Waals surface area contributed by atoms with Gasteiger partial charge < -0.3 is 10.6 Å². The van der Waals surface area contributed by atoms with Crippen molar-refractivity contribution < 1.29 is 40.0 Å². The van der Waals surface area contributed by atoms with Crippen LogP contribution in [0.1, 0.15) is 20.8 Å². The summed E-state index contributed by atoms with van der Waals surface area (Å²) in [4.78, 5) is 22.4. The van der Waals surface area contributed by atoms with Crippen LogP contribution in [-0.4, -0.2) is 40.5 Å². The van der Waals surface area contributed by atoms with Gasteiger partial charge in [-0.25, -0.2) is 32.0 Å². The van der Waals surface area contributed by atoms with Gasteiger partial charge in [0.25, 0.3) is 10.0 Å². The summed E-state index contributed by atoms with van der Waals surface area (Å²) in [6.07, 6.45) is -3.17. The van der Waals surface area contributed by atoms with Crippen LogP contribution in [0.15, 0.2) is 53.7 Å². The number of nitrogens with two attached hydrogens (primary N) is 1. The molecule has 0 radical (unpaired) electrons. The van der Waals surface area contributed by atoms with Gasteiger partial charge in [0.1, 0.15) is 0 Å². The van der Waals surface area contributed by atoms with Crippen molar-refractivity contribution in [2.24, 2.45) is 0 Å². The number of anilines is 1. The molecule has 14 heteroatoms. The van der Waals surface area contributed by atoms with Crippen LogP contribution >= 0.6 is 0 Å². The topological polar surface area (TPSA) is 115 Å². The number of carbonyl (C=O) groups is 1. The van der Waals surface area contributed by atoms with Gasteiger partial charge >= 0.3 is 12.1 Å². The fraction of sp³-hybridized carbons (Fsp3) is 0.227. The molecule has 0 aliphatic carbocycles. The second-order valence-corrected chi connectivity index (χ2v) is 10.1. The zero-order valence-electron chi connectivity index (χ0n) is 19.0. The molecule has 3 rings (SSSR count). The average molecular weight is 530 g/mol. The molecule has 1 aromatic heterocycles. The van der Waals surface area contributed by atoms with Crippen molar-refractivity contribution in [3.05, 3.63) is 60.4 Å². The number of benzene rings is 2. The second kappa shape index (κ2) is 9.43. The summed E-state index contributed by atoms with van der Waals surface area (Å²) in [7, 11) is -5.02. The van der Waals surface area contributed by atoms with Crippen molar-refractivity contribution >= 4 is 21.9 Å². The van der Waals surface area contributed by atoms with Gasteiger partial charge in [-0.15, -0.1) is 0 Å². The van der Waals surface area contributed by atoms with Crippen LogP contribution in [0, 0.1) is 11.6 Å². The van der Waals surface area contributed by atoms with Crippen molar-refractivity contribution in [3.8, 4) is 22.3 Å². The molecule has 0 spiro atoms. The zero-order valence-corrected chi connectivity index (χ0v) is 19.8. The number of rotatable bonds is 5. The predicted octanol–water partition coefficient (Wildman–Crippen LogP) is 4.48. The number of carbonyl (C=O) groups excluding carboxylic acids is 1. The maximum Gasteiger partial charge on any atom is 0.492 e. The molecule has 0 saturated heterocycles. The van der Waals surface area contributed by atoms with Crippen LogP contribution in [0.4, 0.5) is 27.9 Å². The zero-order chi connectivity index (χ0) is 27.1. The van der Waals surface area contributed by atoms with Gasteiger partial charge in [-0.2, -0.15) is 13.2 Å². The van der Waals surface area contributed by atoms with Crippen LogP contribution in [0.2, 0.25) is 0 Å². The highest BCUT2D eigenvalue weighted by molar-refractivity contribution is 7.89. The van der Waals surface area contributed by atoms with Gasteiger partial charge in [0, 0.05) is 34.6 Å². The van der Waals surface area contributed by atoms with Gasteiger partial charge in [0.2, 0.25) is 5.95 Å². The first-order valence-electron chi connectivity index (χ1n) is 10.0. The lowest BCUT2D eigenvalue weighted by Gasteiger charge is -2.32. The Morgan fingerprint density at radius 2 is 1.44 bits per heavy atom. The normalized spacial score (nSPS) is 12.6. The Hall–Kier alpha value is -3.65. The first kappa shape index (κ1) is 26.9. The van der Waals surface area contributed by atoms with Crippen LogP contribution < -0.4 is 5.73 Å². The molecule has 2 aromatic carbocycles. The maximum absolute atomic E-state index is 15.2. The number of aromatic nitrogens is 2. The smallest absolute Gasteiger partial charge is 0.368 e. The second-order valence-electron chi connectivity index (χ2n) is 8.39. The first-order chi connectivity index (χ1) is 16.5. The summed E-state index contributed by atoms with van der Waals surface area (Å²) in [5, 5.41) is 0. The number of nitrogens with zero attached hydrogens (tertiary/aromatic N) is 3. The molecule has 1 heterocycles. The Labute approximate surface area is 202 Å². The van der Waals surface area contributed by atoms with Gasteiger partial charge in [0.15, 0.2) is 11.6 Å². The molecule has 36 heavy (non-hydrogen) atoms. The monoisotopic (exact) mass is 530 g/mol. The van der Waals surface area contributed by atoms with E-state index in [4.69, 9.17) is 5.73 Å². The molecule has 0 atom stereocenters. The van der Waals surface area contributed by atoms with Crippen LogP contribution in [-0.2, 0) is 19.7 Å². The van der Waals surface area contributed by atoms with Crippen molar-refractivity contribution in [2.45, 2.75) is 37.4 Å². The van der Waals surface area contributed by atoms with E-state index < -0.39 is 49.8 Å². The molecule has 0 bridgehead atoms. The summed E-state index contributed by atoms with van der Waals surface area (Å²) >= 11 is 0. The van der Waals surface area contributed by atoms with E-state index in [-0.39, 0.29) is 27.1 Å². The van der Waals surface area contributed by atoms with Gasteiger partial charge in [-0.1, -0.05) is 30.3 Å². The molecule has 0 saturated carbocycles. The number of nitrogen functional groups attached to an aromatic ring is 1. The number of halogens is 5. The van der Waals surface area contributed by atoms with Crippen LogP contribution in [0.25, 0.3) is 22.3 Å². The van der Waals surface area contributed by atoms with Crippen molar-refractivity contribution in [1.82, 2.24) is 14.4 Å². The quantitative estimate of drug-likeness (QED) is 0.382. The molecule has 0 aliphatic rings. The lowest BCUT2D eigenvalue weighted by Crippen LogP contribution is -2.48. The number of hydrogen-bond donors (Lipinski definition) is 1. The summed E-state index contributed by atoms with van der Waals surface area (Å²) < 4.78 is 95.3. The van der Waals surface area contributed by atoms with E-state index in [2.05, 4.69) is 14.8 Å². The molecule has 2 N–H and O–H groups in total. The third kappa shape index (κ3) is 5.28. The first-order valence-corrected chi connectivity index (χ1v) is 11.5. The fourth-order valence-electron chi connectivity index (χ4n) is 3.13. The molecule has 0 aliphatic heterocycles. The number of alkyl halides is 3. The van der Waals surface area contributed by atoms with Crippen LogP contribution in [0.5, 0.6) is 0 Å². The minimum atomic E-state index is -5.49. The Kier molecular flexibility index (Phi) is 7.06. The van der Waals surface area contributed by atoms with E-state index in [9.17, 15) is 30.8 Å². The Balaban J connectivity index is 2.16. The Bertz CT molecular complexity index is 1410. The highest BCUT2D eigenvalue weighted by Gasteiger charge is 2.47. The van der Waals surface area contributed by atoms with Crippen molar-refractivity contribution in [1.29, 1.82) is 0 Å². The summed E-state index contributed by atoms with van der Waals surface area (Å²) in [6, 6.07) is 6.86. The number of hydrogen-bond acceptors (Lipinski definition) is 7. The summed E-state index contributed by atoms with van der Waals surface area (Å²) in [6.45, 7) is 3.54. The van der Waals surface area contributed by atoms with Gasteiger partial charge in [-0.3, -0.25) is 0 Å². The van der Waals surface area contributed by atoms with Crippen LogP contribution in [0.3, 0.4) is 0 Å². The average Bonchev–Trinajstić information content (AvgIpc) is 2.78. The Morgan fingerprint density at radius 1 is 0.917 bits per heavy atom. The van der Waals surface area contributed by atoms with E-state index in [1.54, 1.807) is 0 Å². The molecular weight excluding hydrogens is 511 g/mol. The predicted molar refractivity (Wildman–Crippen MR) is 118 cm³/mol. The SMILES string of the molecule is CC(C)(C)N(OC(=O)C(F)(F)F)S(=O)(=O)c1ccccc1-c1ccc(-c2cnc(N)nc2)c(F)c1F. The lowest BCUT2D eigenvalue weighted by atomic mass is 10.00. The molecule has 0 unspecified atom stereocenters. The standard InChI is InChI=1S/C22H19F5N4O4S/c1-21(2,3)31(35-19(32)22(25,26)27)36(33,34)16-7-5-4-6-14(16)15-9-8-13(17(23)18(15)24)12-10-29-20(28)30-11-12/h4-11H,1-3H3,(H2,28,29,30). The molecule has 8 nitrogen and oxygen atoms in total. The van der Waals surface area contributed by atoms with E-state index >= 15 is 4.39 Å². The highest BCUT2D eigenvalue weighted by atomic mass is 32.2. The third-order valence-corrected chi connectivity index (χ3v) is 6.65. The summed E-state index contributed by atoms with van der Waals surface area (Å²) in [5.41, 5.74) is 2.66. The van der Waals surface area contributed by atoms with E-state index in [1.165, 1.54) is 32.9 Å². The lowest BCUT2D eigenvalue weighted by molar-refractivity contribution is -0.231. The minimum Gasteiger partial charge on any atom is -0.368 e. The maximum atomic E-state index is 15.2. The van der Waals surface area contributed by atoms with E-state index in [0.29, 0.717) is 0 Å². The largest absolute Gasteiger partial charge is 0.492 e. The molecular formula is C22H19F5N4O4S. The molecule has 192 valence electrons. The fourth-order valence-corrected chi connectivity index (χ4v) is 4.91. The van der Waals surface area contributed by atoms with E-state index in [1.807, 2.05) is 0 Å². The number of hydroxylamine groups is 1. The Morgan fingerprint density at radius 3 is 2.00 bits per heavy atom. The number of sulfonamides is 1. The molecule has 3 aromatic rings. The van der Waals surface area contributed by atoms with Crippen molar-refractivity contribution in [3.63, 3.8) is 0 Å². The van der Waals surface area contributed by atoms with E-state index in [0.717, 1.165) is 36.7 Å². The van der Waals surface area contributed by atoms with Gasteiger partial charge in [0.05, 0.1) is 10.4 Å². The van der Waals surface area contributed by atoms with Gasteiger partial charge in [-0.05, 0) is 31.3 Å². The molecule has 0 fully saturated rings. The highest BCUT2D eigenvalue weighted by Crippen LogP contribution is 2.37. The summed E-state index contributed by atoms with van der Waals surface area (Å²) in [5.74, 6) is -5.67. The minimum absolute atomic E-state index is 0.0889.